The van der Waals surface area contributed by atoms with Crippen LogP contribution in [0.25, 0.3) is 0 Å². The van der Waals surface area contributed by atoms with Gasteiger partial charge >= 0.3 is 0 Å². The third-order valence-corrected chi connectivity index (χ3v) is 5.91. The summed E-state index contributed by atoms with van der Waals surface area (Å²) < 4.78 is 0. The van der Waals surface area contributed by atoms with Crippen molar-refractivity contribution in [2.75, 3.05) is 16.8 Å². The van der Waals surface area contributed by atoms with Crippen LogP contribution in [0, 0.1) is 19.3 Å². The van der Waals surface area contributed by atoms with Gasteiger partial charge in [-0.2, -0.15) is 11.3 Å². The second-order valence-electron chi connectivity index (χ2n) is 8.83. The molecule has 2 heterocycles. The molecule has 3 nitrogen and oxygen atoms in total. The van der Waals surface area contributed by atoms with Gasteiger partial charge in [0.1, 0.15) is 6.23 Å². The number of benzene rings is 1. The van der Waals surface area contributed by atoms with Crippen molar-refractivity contribution in [1.29, 1.82) is 0 Å². The topological polar surface area (TPSA) is 35.5 Å². The molecule has 1 aliphatic heterocycles. The number of aliphatic hydroxyl groups excluding tert-OH is 1. The fraction of sp³-hybridized carbons (Fsp3) is 0.545. The van der Waals surface area contributed by atoms with E-state index < -0.39 is 6.23 Å². The molecule has 2 aromatic rings. The van der Waals surface area contributed by atoms with Crippen molar-refractivity contribution < 1.29 is 5.11 Å². The Kier molecular flexibility index (Phi) is 5.64. The van der Waals surface area contributed by atoms with Crippen LogP contribution in [0.4, 0.5) is 11.4 Å². The minimum absolute atomic E-state index is 0.0957. The highest BCUT2D eigenvalue weighted by Gasteiger charge is 2.20. The Morgan fingerprint density at radius 3 is 2.46 bits per heavy atom. The van der Waals surface area contributed by atoms with Gasteiger partial charge < -0.3 is 15.3 Å². The van der Waals surface area contributed by atoms with Crippen molar-refractivity contribution >= 4 is 22.7 Å². The number of hydrogen-bond acceptors (Lipinski definition) is 4. The van der Waals surface area contributed by atoms with E-state index in [1.807, 2.05) is 11.3 Å². The maximum absolute atomic E-state index is 10.4. The standard InChI is InChI=1S/C22H32N2OS/c1-15-9-19(24-8-6-7-17-13-26-14-18(17)12-24)10-16(2)21(15)23-20(25)11-22(3,4)5/h9-10,13-14,20,23,25H,6-8,11-12H2,1-5H3. The first-order valence-corrected chi connectivity index (χ1v) is 10.5. The van der Waals surface area contributed by atoms with Gasteiger partial charge in [0.25, 0.3) is 0 Å². The van der Waals surface area contributed by atoms with Crippen LogP contribution in [0.1, 0.15) is 55.9 Å². The highest BCUT2D eigenvalue weighted by molar-refractivity contribution is 7.08. The van der Waals surface area contributed by atoms with Gasteiger partial charge in [0, 0.05) is 24.5 Å². The molecule has 0 aliphatic carbocycles. The number of hydrogen-bond donors (Lipinski definition) is 2. The second-order valence-corrected chi connectivity index (χ2v) is 9.57. The number of nitrogens with one attached hydrogen (secondary N) is 1. The van der Waals surface area contributed by atoms with E-state index in [2.05, 4.69) is 67.7 Å². The summed E-state index contributed by atoms with van der Waals surface area (Å²) in [5.41, 5.74) is 7.84. The highest BCUT2D eigenvalue weighted by Crippen LogP contribution is 2.32. The van der Waals surface area contributed by atoms with Gasteiger partial charge in [-0.15, -0.1) is 0 Å². The monoisotopic (exact) mass is 372 g/mol. The molecule has 1 unspecified atom stereocenters. The van der Waals surface area contributed by atoms with Crippen LogP contribution >= 0.6 is 11.3 Å². The van der Waals surface area contributed by atoms with Gasteiger partial charge in [0.2, 0.25) is 0 Å². The summed E-state index contributed by atoms with van der Waals surface area (Å²) in [5, 5.41) is 18.3. The van der Waals surface area contributed by atoms with Crippen LogP contribution in [0.2, 0.25) is 0 Å². The van der Waals surface area contributed by atoms with E-state index in [1.165, 1.54) is 40.8 Å². The number of nitrogens with zero attached hydrogens (tertiary/aromatic N) is 1. The molecule has 3 rings (SSSR count). The summed E-state index contributed by atoms with van der Waals surface area (Å²) >= 11 is 1.82. The lowest BCUT2D eigenvalue weighted by Gasteiger charge is -2.27. The zero-order valence-electron chi connectivity index (χ0n) is 16.7. The molecule has 1 atom stereocenters. The Labute approximate surface area is 162 Å². The van der Waals surface area contributed by atoms with Crippen molar-refractivity contribution in [3.8, 4) is 0 Å². The Morgan fingerprint density at radius 1 is 1.15 bits per heavy atom. The van der Waals surface area contributed by atoms with E-state index in [0.717, 1.165) is 25.2 Å². The Bertz CT molecular complexity index is 737. The van der Waals surface area contributed by atoms with E-state index in [1.54, 1.807) is 0 Å². The molecule has 4 heteroatoms. The van der Waals surface area contributed by atoms with Crippen LogP contribution in [0.15, 0.2) is 22.9 Å². The van der Waals surface area contributed by atoms with Gasteiger partial charge in [-0.1, -0.05) is 20.8 Å². The summed E-state index contributed by atoms with van der Waals surface area (Å²) in [6, 6.07) is 4.52. The first-order chi connectivity index (χ1) is 12.2. The lowest BCUT2D eigenvalue weighted by molar-refractivity contribution is 0.145. The number of aryl methyl sites for hydroxylation is 3. The first kappa shape index (κ1) is 19.2. The largest absolute Gasteiger partial charge is 0.374 e. The molecule has 0 saturated heterocycles. The molecule has 0 bridgehead atoms. The molecule has 0 amide bonds. The predicted octanol–water partition coefficient (Wildman–Crippen LogP) is 5.48. The molecular weight excluding hydrogens is 340 g/mol. The lowest BCUT2D eigenvalue weighted by Crippen LogP contribution is -2.26. The average Bonchev–Trinajstić information content (AvgIpc) is 2.86. The molecule has 0 spiro atoms. The summed E-state index contributed by atoms with van der Waals surface area (Å²) in [6.45, 7) is 12.8. The van der Waals surface area contributed by atoms with E-state index in [0.29, 0.717) is 0 Å². The van der Waals surface area contributed by atoms with Crippen molar-refractivity contribution in [3.63, 3.8) is 0 Å². The molecule has 2 N–H and O–H groups in total. The molecule has 1 aromatic carbocycles. The van der Waals surface area contributed by atoms with Crippen molar-refractivity contribution in [2.45, 2.75) is 66.7 Å². The van der Waals surface area contributed by atoms with Gasteiger partial charge in [0.15, 0.2) is 0 Å². The zero-order valence-corrected chi connectivity index (χ0v) is 17.5. The third-order valence-electron chi connectivity index (χ3n) is 5.07. The maximum atomic E-state index is 10.4. The number of rotatable bonds is 4. The molecule has 0 fully saturated rings. The van der Waals surface area contributed by atoms with Crippen LogP contribution in [-0.2, 0) is 13.0 Å². The predicted molar refractivity (Wildman–Crippen MR) is 113 cm³/mol. The van der Waals surface area contributed by atoms with Crippen molar-refractivity contribution in [3.05, 3.63) is 45.1 Å². The lowest BCUT2D eigenvalue weighted by atomic mass is 9.91. The Morgan fingerprint density at radius 2 is 1.81 bits per heavy atom. The molecule has 0 radical (unpaired) electrons. The summed E-state index contributed by atoms with van der Waals surface area (Å²) in [7, 11) is 0. The minimum atomic E-state index is -0.523. The van der Waals surface area contributed by atoms with Crippen LogP contribution in [0.5, 0.6) is 0 Å². The normalized spacial score (nSPS) is 16.2. The molecule has 1 aromatic heterocycles. The molecule has 26 heavy (non-hydrogen) atoms. The average molecular weight is 373 g/mol. The fourth-order valence-corrected chi connectivity index (χ4v) is 4.71. The highest BCUT2D eigenvalue weighted by atomic mass is 32.1. The van der Waals surface area contributed by atoms with Gasteiger partial charge in [-0.3, -0.25) is 0 Å². The fourth-order valence-electron chi connectivity index (χ4n) is 3.82. The summed E-state index contributed by atoms with van der Waals surface area (Å²) in [4.78, 5) is 2.49. The SMILES string of the molecule is Cc1cc(N2CCCc3cscc3C2)cc(C)c1NC(O)CC(C)(C)C. The Balaban J connectivity index is 1.79. The zero-order chi connectivity index (χ0) is 18.9. The van der Waals surface area contributed by atoms with E-state index >= 15 is 0 Å². The van der Waals surface area contributed by atoms with Crippen molar-refractivity contribution in [2.24, 2.45) is 5.41 Å². The van der Waals surface area contributed by atoms with Gasteiger partial charge in [-0.25, -0.2) is 0 Å². The smallest absolute Gasteiger partial charge is 0.124 e. The number of fused-ring (bicyclic) bond motifs is 1. The summed E-state index contributed by atoms with van der Waals surface area (Å²) in [5.74, 6) is 0. The Hall–Kier alpha value is -1.52. The number of anilines is 2. The first-order valence-electron chi connectivity index (χ1n) is 9.58. The third kappa shape index (κ3) is 4.60. The quantitative estimate of drug-likeness (QED) is 0.697. The summed E-state index contributed by atoms with van der Waals surface area (Å²) in [6.07, 6.45) is 2.59. The number of thiophene rings is 1. The van der Waals surface area contributed by atoms with E-state index in [-0.39, 0.29) is 5.41 Å². The van der Waals surface area contributed by atoms with Crippen LogP contribution in [0.3, 0.4) is 0 Å². The van der Waals surface area contributed by atoms with Gasteiger partial charge in [-0.05, 0) is 83.7 Å². The van der Waals surface area contributed by atoms with Gasteiger partial charge in [0.05, 0.1) is 0 Å². The maximum Gasteiger partial charge on any atom is 0.124 e. The van der Waals surface area contributed by atoms with Crippen molar-refractivity contribution in [1.82, 2.24) is 0 Å². The van der Waals surface area contributed by atoms with E-state index in [9.17, 15) is 5.11 Å². The van der Waals surface area contributed by atoms with Crippen LogP contribution < -0.4 is 10.2 Å². The molecule has 0 saturated carbocycles. The van der Waals surface area contributed by atoms with Crippen LogP contribution in [-0.4, -0.2) is 17.9 Å². The number of aliphatic hydroxyl groups is 1. The molecular formula is C22H32N2OS. The minimum Gasteiger partial charge on any atom is -0.374 e. The van der Waals surface area contributed by atoms with E-state index in [4.69, 9.17) is 0 Å². The molecule has 1 aliphatic rings. The second kappa shape index (κ2) is 7.61. The molecule has 142 valence electrons.